The van der Waals surface area contributed by atoms with Gasteiger partial charge in [-0.05, 0) is 41.8 Å². The molecule has 0 fully saturated rings. The van der Waals surface area contributed by atoms with Crippen molar-refractivity contribution in [3.05, 3.63) is 69.2 Å². The molecule has 0 aliphatic heterocycles. The van der Waals surface area contributed by atoms with E-state index in [0.717, 1.165) is 15.9 Å². The fourth-order valence-electron chi connectivity index (χ4n) is 1.93. The van der Waals surface area contributed by atoms with Crippen molar-refractivity contribution >= 4 is 39.1 Å². The van der Waals surface area contributed by atoms with E-state index in [1.807, 2.05) is 18.2 Å². The van der Waals surface area contributed by atoms with Crippen molar-refractivity contribution in [2.45, 2.75) is 12.3 Å². The summed E-state index contributed by atoms with van der Waals surface area (Å²) in [6.45, 7) is 0. The summed E-state index contributed by atoms with van der Waals surface area (Å²) in [7, 11) is 0. The fraction of sp³-hybridized carbons (Fsp3) is 0.200. The third-order valence-corrected chi connectivity index (χ3v) is 4.04. The smallest absolute Gasteiger partial charge is 0.0408 e. The van der Waals surface area contributed by atoms with Gasteiger partial charge in [-0.3, -0.25) is 0 Å². The highest BCUT2D eigenvalue weighted by Gasteiger charge is 2.11. The van der Waals surface area contributed by atoms with Crippen LogP contribution in [0.4, 0.5) is 0 Å². The zero-order chi connectivity index (χ0) is 13.0. The van der Waals surface area contributed by atoms with E-state index in [0.29, 0.717) is 11.8 Å². The van der Waals surface area contributed by atoms with Gasteiger partial charge in [-0.15, -0.1) is 11.6 Å². The third-order valence-electron chi connectivity index (χ3n) is 2.90. The van der Waals surface area contributed by atoms with Crippen LogP contribution in [-0.4, -0.2) is 5.88 Å². The molecule has 0 radical (unpaired) electrons. The van der Waals surface area contributed by atoms with Crippen molar-refractivity contribution in [1.29, 1.82) is 0 Å². The van der Waals surface area contributed by atoms with E-state index in [9.17, 15) is 0 Å². The molecule has 0 aliphatic rings. The number of hydrogen-bond acceptors (Lipinski definition) is 0. The van der Waals surface area contributed by atoms with Crippen LogP contribution >= 0.6 is 39.1 Å². The van der Waals surface area contributed by atoms with Crippen molar-refractivity contribution < 1.29 is 0 Å². The number of alkyl halides is 1. The molecule has 2 aromatic rings. The Bertz CT molecular complexity index is 508. The molecule has 2 rings (SSSR count). The van der Waals surface area contributed by atoms with Crippen molar-refractivity contribution in [2.24, 2.45) is 0 Å². The van der Waals surface area contributed by atoms with Crippen LogP contribution in [0.15, 0.2) is 53.0 Å². The molecule has 94 valence electrons. The maximum absolute atomic E-state index is 6.08. The minimum absolute atomic E-state index is 0.298. The Kier molecular flexibility index (Phi) is 5.11. The molecule has 0 N–H and O–H groups in total. The predicted molar refractivity (Wildman–Crippen MR) is 82.8 cm³/mol. The van der Waals surface area contributed by atoms with Gasteiger partial charge >= 0.3 is 0 Å². The van der Waals surface area contributed by atoms with E-state index in [2.05, 4.69) is 46.3 Å². The van der Waals surface area contributed by atoms with Gasteiger partial charge in [-0.1, -0.05) is 51.8 Å². The highest BCUT2D eigenvalue weighted by atomic mass is 79.9. The summed E-state index contributed by atoms with van der Waals surface area (Å²) < 4.78 is 1.09. The van der Waals surface area contributed by atoms with Crippen LogP contribution in [0.3, 0.4) is 0 Å². The summed E-state index contributed by atoms with van der Waals surface area (Å²) in [5.74, 6) is 0.891. The molecule has 0 amide bonds. The first kappa shape index (κ1) is 13.9. The molecule has 2 aromatic carbocycles. The summed E-state index contributed by atoms with van der Waals surface area (Å²) in [6, 6.07) is 16.3. The Morgan fingerprint density at radius 3 is 2.39 bits per heavy atom. The largest absolute Gasteiger partial charge is 0.126 e. The van der Waals surface area contributed by atoms with Gasteiger partial charge in [0.25, 0.3) is 0 Å². The number of benzene rings is 2. The van der Waals surface area contributed by atoms with Gasteiger partial charge in [0.1, 0.15) is 0 Å². The normalized spacial score (nSPS) is 12.4. The van der Waals surface area contributed by atoms with E-state index in [1.54, 1.807) is 0 Å². The van der Waals surface area contributed by atoms with Crippen LogP contribution in [-0.2, 0) is 6.42 Å². The van der Waals surface area contributed by atoms with E-state index < -0.39 is 0 Å². The zero-order valence-electron chi connectivity index (χ0n) is 9.74. The Hall–Kier alpha value is -0.500. The maximum Gasteiger partial charge on any atom is 0.0408 e. The summed E-state index contributed by atoms with van der Waals surface area (Å²) in [5, 5.41) is 0.762. The Morgan fingerprint density at radius 2 is 1.78 bits per heavy atom. The second-order valence-corrected chi connectivity index (χ2v) is 5.90. The Morgan fingerprint density at radius 1 is 1.06 bits per heavy atom. The molecule has 18 heavy (non-hydrogen) atoms. The Balaban J connectivity index is 2.17. The molecule has 0 bridgehead atoms. The van der Waals surface area contributed by atoms with Crippen molar-refractivity contribution in [1.82, 2.24) is 0 Å². The monoisotopic (exact) mass is 342 g/mol. The molecule has 1 unspecified atom stereocenters. The number of rotatable bonds is 4. The zero-order valence-corrected chi connectivity index (χ0v) is 12.8. The van der Waals surface area contributed by atoms with E-state index in [4.69, 9.17) is 23.2 Å². The molecule has 0 heterocycles. The molecule has 1 atom stereocenters. The summed E-state index contributed by atoms with van der Waals surface area (Å²) in [5.41, 5.74) is 2.48. The predicted octanol–water partition coefficient (Wildman–Crippen LogP) is 5.67. The topological polar surface area (TPSA) is 0 Å². The highest BCUT2D eigenvalue weighted by molar-refractivity contribution is 9.10. The van der Waals surface area contributed by atoms with Crippen molar-refractivity contribution in [3.63, 3.8) is 0 Å². The van der Waals surface area contributed by atoms with Crippen LogP contribution in [0.1, 0.15) is 17.0 Å². The van der Waals surface area contributed by atoms with Gasteiger partial charge in [-0.25, -0.2) is 0 Å². The average Bonchev–Trinajstić information content (AvgIpc) is 2.38. The van der Waals surface area contributed by atoms with Crippen LogP contribution < -0.4 is 0 Å². The van der Waals surface area contributed by atoms with Gasteiger partial charge in [0, 0.05) is 21.3 Å². The SMILES string of the molecule is ClCC(Cc1ccc(Br)cc1)c1cccc(Cl)c1. The summed E-state index contributed by atoms with van der Waals surface area (Å²) in [6.07, 6.45) is 0.928. The van der Waals surface area contributed by atoms with E-state index in [-0.39, 0.29) is 0 Å². The minimum atomic E-state index is 0.298. The molecule has 0 saturated heterocycles. The first-order valence-electron chi connectivity index (χ1n) is 5.75. The molecule has 0 spiro atoms. The van der Waals surface area contributed by atoms with Gasteiger partial charge in [0.05, 0.1) is 0 Å². The van der Waals surface area contributed by atoms with Crippen molar-refractivity contribution in [2.75, 3.05) is 5.88 Å². The lowest BCUT2D eigenvalue weighted by atomic mass is 9.94. The first-order chi connectivity index (χ1) is 8.69. The molecule has 0 saturated carbocycles. The lowest BCUT2D eigenvalue weighted by Gasteiger charge is -2.15. The third kappa shape index (κ3) is 3.74. The maximum atomic E-state index is 6.08. The van der Waals surface area contributed by atoms with Gasteiger partial charge in [0.15, 0.2) is 0 Å². The average molecular weight is 344 g/mol. The number of halogens is 3. The Labute approximate surface area is 126 Å². The molecule has 0 nitrogen and oxygen atoms in total. The second kappa shape index (κ2) is 6.60. The molecule has 3 heteroatoms. The van der Waals surface area contributed by atoms with Crippen LogP contribution in [0, 0.1) is 0 Å². The van der Waals surface area contributed by atoms with E-state index >= 15 is 0 Å². The summed E-state index contributed by atoms with van der Waals surface area (Å²) in [4.78, 5) is 0. The molecular formula is C15H13BrCl2. The fourth-order valence-corrected chi connectivity index (χ4v) is 2.68. The van der Waals surface area contributed by atoms with Crippen LogP contribution in [0.25, 0.3) is 0 Å². The van der Waals surface area contributed by atoms with Crippen LogP contribution in [0.2, 0.25) is 5.02 Å². The lowest BCUT2D eigenvalue weighted by Crippen LogP contribution is -2.04. The highest BCUT2D eigenvalue weighted by Crippen LogP contribution is 2.25. The first-order valence-corrected chi connectivity index (χ1v) is 7.45. The summed E-state index contributed by atoms with van der Waals surface area (Å²) >= 11 is 15.5. The van der Waals surface area contributed by atoms with Gasteiger partial charge in [-0.2, -0.15) is 0 Å². The minimum Gasteiger partial charge on any atom is -0.126 e. The molecule has 0 aliphatic carbocycles. The second-order valence-electron chi connectivity index (χ2n) is 4.24. The molecular weight excluding hydrogens is 331 g/mol. The van der Waals surface area contributed by atoms with Crippen LogP contribution in [0.5, 0.6) is 0 Å². The van der Waals surface area contributed by atoms with Crippen molar-refractivity contribution in [3.8, 4) is 0 Å². The van der Waals surface area contributed by atoms with Gasteiger partial charge < -0.3 is 0 Å². The molecule has 0 aromatic heterocycles. The lowest BCUT2D eigenvalue weighted by molar-refractivity contribution is 0.766. The van der Waals surface area contributed by atoms with E-state index in [1.165, 1.54) is 11.1 Å². The van der Waals surface area contributed by atoms with Gasteiger partial charge in [0.2, 0.25) is 0 Å². The quantitative estimate of drug-likeness (QED) is 0.627. The standard InChI is InChI=1S/C15H13BrCl2/c16-14-6-4-11(5-7-14)8-13(10-17)12-2-1-3-15(18)9-12/h1-7,9,13H,8,10H2. The number of hydrogen-bond donors (Lipinski definition) is 0.